The fraction of sp³-hybridized carbons (Fsp3) is 0.550. The molecule has 1 spiro atoms. The van der Waals surface area contributed by atoms with Crippen LogP contribution >= 0.6 is 0 Å². The number of amides is 1. The molecule has 0 aromatic carbocycles. The van der Waals surface area contributed by atoms with Crippen molar-refractivity contribution in [1.29, 1.82) is 0 Å². The predicted molar refractivity (Wildman–Crippen MR) is 102 cm³/mol. The third-order valence-corrected chi connectivity index (χ3v) is 6.16. The van der Waals surface area contributed by atoms with Gasteiger partial charge in [-0.05, 0) is 56.8 Å². The molecule has 7 heteroatoms. The molecule has 2 aromatic heterocycles. The van der Waals surface area contributed by atoms with Crippen LogP contribution < -0.4 is 5.56 Å². The minimum atomic E-state index is -0.177. The van der Waals surface area contributed by atoms with Crippen molar-refractivity contribution < 1.29 is 9.90 Å². The summed E-state index contributed by atoms with van der Waals surface area (Å²) in [4.78, 5) is 33.1. The van der Waals surface area contributed by atoms with Crippen molar-refractivity contribution >= 4 is 11.6 Å². The lowest BCUT2D eigenvalue weighted by Crippen LogP contribution is -2.51. The van der Waals surface area contributed by atoms with E-state index in [0.717, 1.165) is 45.4 Å². The van der Waals surface area contributed by atoms with Crippen LogP contribution in [0, 0.1) is 5.41 Å². The van der Waals surface area contributed by atoms with Gasteiger partial charge in [0.05, 0.1) is 5.69 Å². The van der Waals surface area contributed by atoms with Gasteiger partial charge in [-0.25, -0.2) is 4.98 Å². The molecule has 2 saturated heterocycles. The average Bonchev–Trinajstić information content (AvgIpc) is 2.67. The maximum atomic E-state index is 12.3. The summed E-state index contributed by atoms with van der Waals surface area (Å²) in [7, 11) is 0. The first-order valence-corrected chi connectivity index (χ1v) is 9.70. The van der Waals surface area contributed by atoms with Crippen LogP contribution in [-0.4, -0.2) is 56.4 Å². The summed E-state index contributed by atoms with van der Waals surface area (Å²) >= 11 is 0. The third-order valence-electron chi connectivity index (χ3n) is 6.16. The van der Waals surface area contributed by atoms with Gasteiger partial charge in [0.15, 0.2) is 11.4 Å². The number of likely N-dealkylation sites (tertiary alicyclic amines) is 2. The van der Waals surface area contributed by atoms with E-state index in [4.69, 9.17) is 0 Å². The van der Waals surface area contributed by atoms with Crippen molar-refractivity contribution in [2.24, 2.45) is 5.41 Å². The van der Waals surface area contributed by atoms with Crippen LogP contribution in [0.3, 0.4) is 0 Å². The Morgan fingerprint density at radius 3 is 2.74 bits per heavy atom. The van der Waals surface area contributed by atoms with Crippen LogP contribution in [0.15, 0.2) is 29.2 Å². The maximum absolute atomic E-state index is 12.3. The normalized spacial score (nSPS) is 20.5. The van der Waals surface area contributed by atoms with Gasteiger partial charge in [-0.2, -0.15) is 0 Å². The molecule has 144 valence electrons. The second-order valence-corrected chi connectivity index (χ2v) is 7.86. The molecule has 0 saturated carbocycles. The summed E-state index contributed by atoms with van der Waals surface area (Å²) in [5.74, 6) is 0.298. The summed E-state index contributed by atoms with van der Waals surface area (Å²) < 4.78 is 1.36. The molecule has 0 atom stereocenters. The first kappa shape index (κ1) is 18.0. The molecule has 2 aliphatic heterocycles. The standard InChI is InChI=1S/C20H26N4O3/c1-2-23-14-20(6-5-17(23)26)7-10-22(11-8-20)13-15-12-18(27)24-9-3-4-16(25)19(24)21-15/h3-4,9,12,25H,2,5-8,10-11,13-14H2,1H3. The van der Waals surface area contributed by atoms with E-state index in [9.17, 15) is 14.7 Å². The quantitative estimate of drug-likeness (QED) is 0.888. The minimum absolute atomic E-state index is 0.0144. The molecule has 1 amide bonds. The van der Waals surface area contributed by atoms with Crippen molar-refractivity contribution in [3.05, 3.63) is 40.4 Å². The Morgan fingerprint density at radius 1 is 1.22 bits per heavy atom. The predicted octanol–water partition coefficient (Wildman–Crippen LogP) is 1.62. The summed E-state index contributed by atoms with van der Waals surface area (Å²) in [6.07, 6.45) is 5.39. The van der Waals surface area contributed by atoms with Crippen molar-refractivity contribution in [3.8, 4) is 5.75 Å². The van der Waals surface area contributed by atoms with Crippen molar-refractivity contribution in [1.82, 2.24) is 19.2 Å². The third kappa shape index (κ3) is 3.43. The van der Waals surface area contributed by atoms with E-state index >= 15 is 0 Å². The number of aromatic hydroxyl groups is 1. The smallest absolute Gasteiger partial charge is 0.258 e. The fourth-order valence-electron chi connectivity index (χ4n) is 4.45. The van der Waals surface area contributed by atoms with E-state index in [-0.39, 0.29) is 22.6 Å². The summed E-state index contributed by atoms with van der Waals surface area (Å²) in [5, 5.41) is 9.99. The summed E-state index contributed by atoms with van der Waals surface area (Å²) in [5.41, 5.74) is 1.06. The molecule has 1 N–H and O–H groups in total. The lowest BCUT2D eigenvalue weighted by atomic mass is 9.72. The first-order chi connectivity index (χ1) is 13.0. The Kier molecular flexibility index (Phi) is 4.63. The Balaban J connectivity index is 1.45. The van der Waals surface area contributed by atoms with Gasteiger partial charge in [-0.3, -0.25) is 18.9 Å². The lowest BCUT2D eigenvalue weighted by molar-refractivity contribution is -0.138. The van der Waals surface area contributed by atoms with Crippen LogP contribution in [0.25, 0.3) is 5.65 Å². The van der Waals surface area contributed by atoms with Crippen molar-refractivity contribution in [2.45, 2.75) is 39.2 Å². The monoisotopic (exact) mass is 370 g/mol. The second kappa shape index (κ2) is 6.96. The number of aromatic nitrogens is 2. The molecular weight excluding hydrogens is 344 g/mol. The SMILES string of the molecule is CCN1CC2(CCC1=O)CCN(Cc1cc(=O)n3cccc(O)c3n1)CC2. The zero-order chi connectivity index (χ0) is 19.0. The highest BCUT2D eigenvalue weighted by atomic mass is 16.3. The zero-order valence-electron chi connectivity index (χ0n) is 15.7. The average molecular weight is 370 g/mol. The highest BCUT2D eigenvalue weighted by molar-refractivity contribution is 5.77. The molecule has 7 nitrogen and oxygen atoms in total. The Morgan fingerprint density at radius 2 is 2.00 bits per heavy atom. The van der Waals surface area contributed by atoms with Gasteiger partial charge >= 0.3 is 0 Å². The van der Waals surface area contributed by atoms with Gasteiger partial charge in [-0.1, -0.05) is 0 Å². The van der Waals surface area contributed by atoms with Crippen molar-refractivity contribution in [3.63, 3.8) is 0 Å². The van der Waals surface area contributed by atoms with Crippen LogP contribution in [0.4, 0.5) is 0 Å². The van der Waals surface area contributed by atoms with Gasteiger partial charge in [0, 0.05) is 38.3 Å². The topological polar surface area (TPSA) is 78.2 Å². The molecule has 27 heavy (non-hydrogen) atoms. The van der Waals surface area contributed by atoms with E-state index < -0.39 is 0 Å². The van der Waals surface area contributed by atoms with E-state index in [1.165, 1.54) is 4.40 Å². The lowest BCUT2D eigenvalue weighted by Gasteiger charge is -2.47. The highest BCUT2D eigenvalue weighted by Gasteiger charge is 2.40. The number of rotatable bonds is 3. The Bertz CT molecular complexity index is 915. The number of hydrogen-bond donors (Lipinski definition) is 1. The second-order valence-electron chi connectivity index (χ2n) is 7.86. The van der Waals surface area contributed by atoms with Crippen molar-refractivity contribution in [2.75, 3.05) is 26.2 Å². The molecule has 4 rings (SSSR count). The molecular formula is C20H26N4O3. The number of pyridine rings is 1. The molecule has 0 aliphatic carbocycles. The fourth-order valence-corrected chi connectivity index (χ4v) is 4.45. The zero-order valence-corrected chi connectivity index (χ0v) is 15.7. The largest absolute Gasteiger partial charge is 0.504 e. The molecule has 0 radical (unpaired) electrons. The number of carbonyl (C=O) groups is 1. The summed E-state index contributed by atoms with van der Waals surface area (Å²) in [6, 6.07) is 4.72. The Labute approximate surface area is 158 Å². The molecule has 4 heterocycles. The van der Waals surface area contributed by atoms with E-state index in [1.54, 1.807) is 24.4 Å². The van der Waals surface area contributed by atoms with Gasteiger partial charge in [0.2, 0.25) is 5.91 Å². The molecule has 2 aromatic rings. The van der Waals surface area contributed by atoms with E-state index in [1.807, 2.05) is 11.8 Å². The maximum Gasteiger partial charge on any atom is 0.258 e. The van der Waals surface area contributed by atoms with E-state index in [2.05, 4.69) is 9.88 Å². The minimum Gasteiger partial charge on any atom is -0.504 e. The number of piperidine rings is 2. The number of fused-ring (bicyclic) bond motifs is 1. The first-order valence-electron chi connectivity index (χ1n) is 9.70. The van der Waals surface area contributed by atoms with Gasteiger partial charge < -0.3 is 10.0 Å². The highest BCUT2D eigenvalue weighted by Crippen LogP contribution is 2.40. The molecule has 0 unspecified atom stereocenters. The number of carbonyl (C=O) groups excluding carboxylic acids is 1. The Hall–Kier alpha value is -2.41. The van der Waals surface area contributed by atoms with Gasteiger partial charge in [-0.15, -0.1) is 0 Å². The van der Waals surface area contributed by atoms with Crippen LogP contribution in [0.2, 0.25) is 0 Å². The van der Waals surface area contributed by atoms with Crippen LogP contribution in [0.1, 0.15) is 38.3 Å². The van der Waals surface area contributed by atoms with Crippen LogP contribution in [-0.2, 0) is 11.3 Å². The molecule has 0 bridgehead atoms. The van der Waals surface area contributed by atoms with Gasteiger partial charge in [0.1, 0.15) is 0 Å². The molecule has 2 aliphatic rings. The van der Waals surface area contributed by atoms with Crippen LogP contribution in [0.5, 0.6) is 5.75 Å². The van der Waals surface area contributed by atoms with E-state index in [0.29, 0.717) is 24.3 Å². The number of hydrogen-bond acceptors (Lipinski definition) is 5. The summed E-state index contributed by atoms with van der Waals surface area (Å²) in [6.45, 7) is 6.19. The molecule has 2 fully saturated rings. The van der Waals surface area contributed by atoms with Gasteiger partial charge in [0.25, 0.3) is 5.56 Å². The number of nitrogens with zero attached hydrogens (tertiary/aromatic N) is 4.